The zero-order chi connectivity index (χ0) is 14.9. The summed E-state index contributed by atoms with van der Waals surface area (Å²) in [6.07, 6.45) is 3.50. The number of nitrogens with zero attached hydrogens (tertiary/aromatic N) is 1. The van der Waals surface area contributed by atoms with Crippen molar-refractivity contribution in [1.29, 1.82) is 0 Å². The van der Waals surface area contributed by atoms with Gasteiger partial charge in [0.2, 0.25) is 5.91 Å². The molecule has 1 N–H and O–H groups in total. The maximum absolute atomic E-state index is 13.1. The number of rotatable bonds is 5. The van der Waals surface area contributed by atoms with Gasteiger partial charge in [-0.15, -0.1) is 0 Å². The molecular weight excluding hydrogens is 260 g/mol. The van der Waals surface area contributed by atoms with Gasteiger partial charge >= 0.3 is 0 Å². The minimum Gasteiger partial charge on any atom is -0.335 e. The molecule has 2 aliphatic rings. The highest BCUT2D eigenvalue weighted by atomic mass is 16.2. The second kappa shape index (κ2) is 5.80. The van der Waals surface area contributed by atoms with Gasteiger partial charge in [-0.3, -0.25) is 4.79 Å². The summed E-state index contributed by atoms with van der Waals surface area (Å²) in [6, 6.07) is 10.7. The zero-order valence-electron chi connectivity index (χ0n) is 13.1. The number of carbonyl (C=O) groups is 1. The van der Waals surface area contributed by atoms with E-state index in [1.54, 1.807) is 0 Å². The molecule has 1 aromatic carbocycles. The highest BCUT2D eigenvalue weighted by molar-refractivity contribution is 5.83. The van der Waals surface area contributed by atoms with Crippen LogP contribution in [0.2, 0.25) is 0 Å². The van der Waals surface area contributed by atoms with Crippen molar-refractivity contribution in [2.75, 3.05) is 13.1 Å². The van der Waals surface area contributed by atoms with Crippen molar-refractivity contribution < 1.29 is 4.79 Å². The Morgan fingerprint density at radius 2 is 2.10 bits per heavy atom. The first-order valence-corrected chi connectivity index (χ1v) is 8.16. The van der Waals surface area contributed by atoms with Crippen molar-refractivity contribution in [3.8, 4) is 0 Å². The minimum absolute atomic E-state index is 0.224. The molecule has 1 saturated heterocycles. The predicted molar refractivity (Wildman–Crippen MR) is 84.8 cm³/mol. The molecule has 0 aromatic heterocycles. The molecule has 0 bridgehead atoms. The van der Waals surface area contributed by atoms with Gasteiger partial charge in [0.1, 0.15) is 0 Å². The number of benzene rings is 1. The Morgan fingerprint density at radius 3 is 2.67 bits per heavy atom. The van der Waals surface area contributed by atoms with Crippen molar-refractivity contribution >= 4 is 5.91 Å². The molecule has 2 fully saturated rings. The minimum atomic E-state index is -0.224. The fourth-order valence-electron chi connectivity index (χ4n) is 3.36. The molecule has 1 saturated carbocycles. The average molecular weight is 286 g/mol. The van der Waals surface area contributed by atoms with E-state index in [-0.39, 0.29) is 5.41 Å². The highest BCUT2D eigenvalue weighted by Crippen LogP contribution is 2.38. The smallest absolute Gasteiger partial charge is 0.230 e. The Labute approximate surface area is 127 Å². The summed E-state index contributed by atoms with van der Waals surface area (Å²) in [5.41, 5.74) is 1.01. The molecule has 0 radical (unpaired) electrons. The molecule has 2 atom stereocenters. The predicted octanol–water partition coefficient (Wildman–Crippen LogP) is 2.81. The molecule has 3 heteroatoms. The number of hydrogen-bond acceptors (Lipinski definition) is 2. The fourth-order valence-corrected chi connectivity index (χ4v) is 3.36. The van der Waals surface area contributed by atoms with Crippen LogP contribution in [-0.2, 0) is 11.3 Å². The van der Waals surface area contributed by atoms with E-state index in [0.29, 0.717) is 17.9 Å². The van der Waals surface area contributed by atoms with E-state index < -0.39 is 0 Å². The quantitative estimate of drug-likeness (QED) is 0.902. The Kier molecular flexibility index (Phi) is 4.03. The lowest BCUT2D eigenvalue weighted by Gasteiger charge is -2.36. The van der Waals surface area contributed by atoms with Gasteiger partial charge in [-0.1, -0.05) is 30.3 Å². The van der Waals surface area contributed by atoms with Crippen LogP contribution in [0.4, 0.5) is 0 Å². The first-order valence-electron chi connectivity index (χ1n) is 8.16. The van der Waals surface area contributed by atoms with Gasteiger partial charge in [0.25, 0.3) is 0 Å². The Morgan fingerprint density at radius 1 is 1.38 bits per heavy atom. The molecule has 1 aliphatic heterocycles. The van der Waals surface area contributed by atoms with Gasteiger partial charge < -0.3 is 10.2 Å². The molecule has 3 nitrogen and oxygen atoms in total. The van der Waals surface area contributed by atoms with Crippen LogP contribution in [-0.4, -0.2) is 29.9 Å². The first-order chi connectivity index (χ1) is 10.1. The lowest BCUT2D eigenvalue weighted by atomic mass is 9.87. The van der Waals surface area contributed by atoms with Gasteiger partial charge in [-0.05, 0) is 51.1 Å². The van der Waals surface area contributed by atoms with E-state index >= 15 is 0 Å². The molecule has 0 spiro atoms. The molecule has 1 aliphatic carbocycles. The summed E-state index contributed by atoms with van der Waals surface area (Å²) >= 11 is 0. The van der Waals surface area contributed by atoms with Gasteiger partial charge in [0.15, 0.2) is 0 Å². The van der Waals surface area contributed by atoms with Crippen LogP contribution in [0.25, 0.3) is 0 Å². The Balaban J connectivity index is 1.80. The molecule has 2 unspecified atom stereocenters. The van der Waals surface area contributed by atoms with Crippen molar-refractivity contribution in [1.82, 2.24) is 10.2 Å². The molecule has 1 aromatic rings. The van der Waals surface area contributed by atoms with E-state index in [4.69, 9.17) is 0 Å². The molecule has 3 rings (SSSR count). The van der Waals surface area contributed by atoms with Gasteiger partial charge in [0.05, 0.1) is 5.41 Å². The summed E-state index contributed by atoms with van der Waals surface area (Å²) in [4.78, 5) is 15.3. The average Bonchev–Trinajstić information content (AvgIpc) is 3.26. The lowest BCUT2D eigenvalue weighted by molar-refractivity contribution is -0.143. The highest BCUT2D eigenvalue weighted by Gasteiger charge is 2.43. The van der Waals surface area contributed by atoms with Crippen LogP contribution in [0.5, 0.6) is 0 Å². The van der Waals surface area contributed by atoms with E-state index in [1.807, 2.05) is 6.07 Å². The monoisotopic (exact) mass is 286 g/mol. The second-order valence-electron chi connectivity index (χ2n) is 6.98. The van der Waals surface area contributed by atoms with Crippen LogP contribution in [0.1, 0.15) is 38.7 Å². The first kappa shape index (κ1) is 14.6. The second-order valence-corrected chi connectivity index (χ2v) is 6.98. The van der Waals surface area contributed by atoms with E-state index in [1.165, 1.54) is 18.4 Å². The Hall–Kier alpha value is -1.35. The third kappa shape index (κ3) is 3.13. The van der Waals surface area contributed by atoms with Crippen molar-refractivity contribution in [2.24, 2.45) is 11.3 Å². The lowest BCUT2D eigenvalue weighted by Crippen LogP contribution is -2.48. The number of nitrogens with one attached hydrogen (secondary N) is 1. The summed E-state index contributed by atoms with van der Waals surface area (Å²) in [6.45, 7) is 6.86. The van der Waals surface area contributed by atoms with Gasteiger partial charge in [-0.25, -0.2) is 0 Å². The van der Waals surface area contributed by atoms with Crippen molar-refractivity contribution in [2.45, 2.75) is 45.7 Å². The maximum atomic E-state index is 13.1. The molecule has 21 heavy (non-hydrogen) atoms. The summed E-state index contributed by atoms with van der Waals surface area (Å²) in [5, 5.41) is 3.35. The SMILES string of the molecule is CC(C1CC1)N(Cc1ccccc1)C(=O)C1(C)CCNC1. The van der Waals surface area contributed by atoms with Crippen LogP contribution in [0, 0.1) is 11.3 Å². The molecule has 1 amide bonds. The number of carbonyl (C=O) groups excluding carboxylic acids is 1. The van der Waals surface area contributed by atoms with E-state index in [0.717, 1.165) is 26.1 Å². The summed E-state index contributed by atoms with van der Waals surface area (Å²) in [7, 11) is 0. The normalized spacial score (nSPS) is 26.6. The topological polar surface area (TPSA) is 32.3 Å². The van der Waals surface area contributed by atoms with Crippen molar-refractivity contribution in [3.63, 3.8) is 0 Å². The third-order valence-electron chi connectivity index (χ3n) is 5.14. The van der Waals surface area contributed by atoms with Crippen molar-refractivity contribution in [3.05, 3.63) is 35.9 Å². The largest absolute Gasteiger partial charge is 0.335 e. The molecular formula is C18H26N2O. The maximum Gasteiger partial charge on any atom is 0.230 e. The fraction of sp³-hybridized carbons (Fsp3) is 0.611. The van der Waals surface area contributed by atoms with E-state index in [9.17, 15) is 4.79 Å². The number of amides is 1. The molecule has 114 valence electrons. The zero-order valence-corrected chi connectivity index (χ0v) is 13.1. The standard InChI is InChI=1S/C18H26N2O/c1-14(16-8-9-16)20(12-15-6-4-3-5-7-15)17(21)18(2)10-11-19-13-18/h3-7,14,16,19H,8-13H2,1-2H3. The molecule has 1 heterocycles. The third-order valence-corrected chi connectivity index (χ3v) is 5.14. The van der Waals surface area contributed by atoms with Gasteiger partial charge in [0, 0.05) is 19.1 Å². The van der Waals surface area contributed by atoms with E-state index in [2.05, 4.69) is 48.3 Å². The summed E-state index contributed by atoms with van der Waals surface area (Å²) < 4.78 is 0. The van der Waals surface area contributed by atoms with Crippen LogP contribution in [0.3, 0.4) is 0 Å². The van der Waals surface area contributed by atoms with Crippen LogP contribution >= 0.6 is 0 Å². The van der Waals surface area contributed by atoms with Crippen LogP contribution < -0.4 is 5.32 Å². The summed E-state index contributed by atoms with van der Waals surface area (Å²) in [5.74, 6) is 1.03. The Bertz CT molecular complexity index is 489. The van der Waals surface area contributed by atoms with Gasteiger partial charge in [-0.2, -0.15) is 0 Å². The van der Waals surface area contributed by atoms with Crippen LogP contribution in [0.15, 0.2) is 30.3 Å². The number of hydrogen-bond donors (Lipinski definition) is 1.